The van der Waals surface area contributed by atoms with Gasteiger partial charge in [0.1, 0.15) is 0 Å². The first kappa shape index (κ1) is 15.0. The Kier molecular flexibility index (Phi) is 4.48. The van der Waals surface area contributed by atoms with E-state index in [2.05, 4.69) is 23.0 Å². The highest BCUT2D eigenvalue weighted by molar-refractivity contribution is 5.75. The number of piperidine rings is 1. The van der Waals surface area contributed by atoms with Gasteiger partial charge in [0.05, 0.1) is 16.8 Å². The highest BCUT2D eigenvalue weighted by Crippen LogP contribution is 2.34. The lowest BCUT2D eigenvalue weighted by atomic mass is 9.77. The van der Waals surface area contributed by atoms with Crippen molar-refractivity contribution in [2.45, 2.75) is 53.1 Å². The maximum Gasteiger partial charge on any atom is 0.310 e. The van der Waals surface area contributed by atoms with Crippen molar-refractivity contribution in [3.05, 3.63) is 17.5 Å². The van der Waals surface area contributed by atoms with Gasteiger partial charge in [0, 0.05) is 19.6 Å². The molecule has 1 saturated heterocycles. The first-order valence-corrected chi connectivity index (χ1v) is 7.50. The van der Waals surface area contributed by atoms with Crippen LogP contribution in [0.2, 0.25) is 0 Å². The van der Waals surface area contributed by atoms with E-state index in [1.165, 1.54) is 5.69 Å². The number of carboxylic acids is 1. The summed E-state index contributed by atoms with van der Waals surface area (Å²) >= 11 is 0. The number of carbonyl (C=O) groups is 1. The predicted octanol–water partition coefficient (Wildman–Crippen LogP) is 2.29. The van der Waals surface area contributed by atoms with Gasteiger partial charge in [-0.05, 0) is 45.7 Å². The summed E-state index contributed by atoms with van der Waals surface area (Å²) in [4.78, 5) is 13.9. The van der Waals surface area contributed by atoms with E-state index < -0.39 is 11.4 Å². The summed E-state index contributed by atoms with van der Waals surface area (Å²) in [5.74, 6) is -0.648. The maximum absolute atomic E-state index is 11.6. The van der Waals surface area contributed by atoms with Crippen LogP contribution in [0.4, 0.5) is 0 Å². The summed E-state index contributed by atoms with van der Waals surface area (Å²) in [6, 6.07) is 2.10. The highest BCUT2D eigenvalue weighted by Gasteiger charge is 2.40. The van der Waals surface area contributed by atoms with Gasteiger partial charge in [-0.1, -0.05) is 6.92 Å². The summed E-state index contributed by atoms with van der Waals surface area (Å²) in [7, 11) is 0. The molecule has 1 aliphatic rings. The van der Waals surface area contributed by atoms with Crippen LogP contribution in [0.25, 0.3) is 0 Å². The Morgan fingerprint density at radius 1 is 1.50 bits per heavy atom. The number of rotatable bonds is 5. The molecule has 0 spiro atoms. The summed E-state index contributed by atoms with van der Waals surface area (Å²) < 4.78 is 2.01. The molecule has 0 radical (unpaired) electrons. The molecule has 1 N–H and O–H groups in total. The molecule has 0 aromatic carbocycles. The molecule has 0 bridgehead atoms. The maximum atomic E-state index is 11.6. The zero-order chi connectivity index (χ0) is 14.8. The van der Waals surface area contributed by atoms with Crippen LogP contribution >= 0.6 is 0 Å². The molecule has 2 rings (SSSR count). The van der Waals surface area contributed by atoms with Crippen molar-refractivity contribution in [1.29, 1.82) is 0 Å². The molecule has 5 heteroatoms. The van der Waals surface area contributed by atoms with Crippen molar-refractivity contribution in [3.63, 3.8) is 0 Å². The van der Waals surface area contributed by atoms with E-state index >= 15 is 0 Å². The van der Waals surface area contributed by atoms with Crippen molar-refractivity contribution in [2.75, 3.05) is 13.1 Å². The van der Waals surface area contributed by atoms with Gasteiger partial charge in [0.25, 0.3) is 0 Å². The molecule has 1 unspecified atom stereocenters. The zero-order valence-electron chi connectivity index (χ0n) is 12.7. The van der Waals surface area contributed by atoms with Gasteiger partial charge in [-0.25, -0.2) is 0 Å². The van der Waals surface area contributed by atoms with Crippen LogP contribution < -0.4 is 0 Å². The van der Waals surface area contributed by atoms with Gasteiger partial charge < -0.3 is 5.11 Å². The number of aryl methyl sites for hydroxylation is 2. The molecular formula is C15H25N3O2. The molecule has 20 heavy (non-hydrogen) atoms. The largest absolute Gasteiger partial charge is 0.481 e. The zero-order valence-corrected chi connectivity index (χ0v) is 12.7. The Morgan fingerprint density at radius 3 is 2.85 bits per heavy atom. The van der Waals surface area contributed by atoms with E-state index in [9.17, 15) is 9.90 Å². The minimum absolute atomic E-state index is 0.565. The second kappa shape index (κ2) is 5.95. The lowest BCUT2D eigenvalue weighted by molar-refractivity contribution is -0.153. The SMILES string of the molecule is CCn1nc(C)cc1CN1CCCC(CC)(C(=O)O)C1. The first-order valence-electron chi connectivity index (χ1n) is 7.50. The number of carboxylic acid groups (broad SMARTS) is 1. The van der Waals surface area contributed by atoms with Crippen LogP contribution in [-0.2, 0) is 17.9 Å². The highest BCUT2D eigenvalue weighted by atomic mass is 16.4. The van der Waals surface area contributed by atoms with Gasteiger partial charge in [-0.15, -0.1) is 0 Å². The van der Waals surface area contributed by atoms with Crippen LogP contribution in [0.5, 0.6) is 0 Å². The van der Waals surface area contributed by atoms with Gasteiger partial charge in [0.15, 0.2) is 0 Å². The van der Waals surface area contributed by atoms with E-state index in [0.717, 1.165) is 38.2 Å². The van der Waals surface area contributed by atoms with Crippen LogP contribution in [0, 0.1) is 12.3 Å². The Labute approximate surface area is 120 Å². The standard InChI is InChI=1S/C15H25N3O2/c1-4-15(14(19)20)7-6-8-17(11-15)10-13-9-12(3)16-18(13)5-2/h9H,4-8,10-11H2,1-3H3,(H,19,20). The average Bonchev–Trinajstić information content (AvgIpc) is 2.78. The summed E-state index contributed by atoms with van der Waals surface area (Å²) in [6.45, 7) is 9.34. The first-order chi connectivity index (χ1) is 9.50. The quantitative estimate of drug-likeness (QED) is 0.898. The van der Waals surface area contributed by atoms with E-state index in [-0.39, 0.29) is 0 Å². The van der Waals surface area contributed by atoms with Crippen LogP contribution in [-0.4, -0.2) is 38.8 Å². The molecule has 1 fully saturated rings. The smallest absolute Gasteiger partial charge is 0.310 e. The van der Waals surface area contributed by atoms with Crippen LogP contribution in [0.15, 0.2) is 6.07 Å². The van der Waals surface area contributed by atoms with Crippen molar-refractivity contribution < 1.29 is 9.90 Å². The van der Waals surface area contributed by atoms with Gasteiger partial charge >= 0.3 is 5.97 Å². The Balaban J connectivity index is 2.11. The number of aromatic nitrogens is 2. The number of hydrogen-bond donors (Lipinski definition) is 1. The molecular weight excluding hydrogens is 254 g/mol. The Morgan fingerprint density at radius 2 is 2.25 bits per heavy atom. The third-order valence-electron chi connectivity index (χ3n) is 4.46. The fourth-order valence-corrected chi connectivity index (χ4v) is 3.21. The summed E-state index contributed by atoms with van der Waals surface area (Å²) in [5, 5.41) is 14.0. The molecule has 0 saturated carbocycles. The molecule has 1 aliphatic heterocycles. The normalized spacial score (nSPS) is 23.9. The minimum Gasteiger partial charge on any atom is -0.481 e. The molecule has 112 valence electrons. The molecule has 0 aliphatic carbocycles. The lowest BCUT2D eigenvalue weighted by Gasteiger charge is -2.39. The van der Waals surface area contributed by atoms with Crippen LogP contribution in [0.3, 0.4) is 0 Å². The van der Waals surface area contributed by atoms with E-state index in [0.29, 0.717) is 13.0 Å². The third kappa shape index (κ3) is 2.87. The second-order valence-corrected chi connectivity index (χ2v) is 5.85. The molecule has 5 nitrogen and oxygen atoms in total. The van der Waals surface area contributed by atoms with Gasteiger partial charge in [-0.2, -0.15) is 5.10 Å². The topological polar surface area (TPSA) is 58.4 Å². The lowest BCUT2D eigenvalue weighted by Crippen LogP contribution is -2.47. The van der Waals surface area contributed by atoms with Crippen molar-refractivity contribution in [2.24, 2.45) is 5.41 Å². The minimum atomic E-state index is -0.648. The third-order valence-corrected chi connectivity index (χ3v) is 4.46. The molecule has 1 aromatic heterocycles. The average molecular weight is 279 g/mol. The number of likely N-dealkylation sites (tertiary alicyclic amines) is 1. The molecule has 1 aromatic rings. The van der Waals surface area contributed by atoms with Crippen molar-refractivity contribution >= 4 is 5.97 Å². The Bertz CT molecular complexity index is 483. The fraction of sp³-hybridized carbons (Fsp3) is 0.733. The number of aliphatic carboxylic acids is 1. The molecule has 2 heterocycles. The summed E-state index contributed by atoms with van der Waals surface area (Å²) in [6.07, 6.45) is 2.45. The number of hydrogen-bond acceptors (Lipinski definition) is 3. The monoisotopic (exact) mass is 279 g/mol. The molecule has 0 amide bonds. The predicted molar refractivity (Wildman–Crippen MR) is 77.5 cm³/mol. The van der Waals surface area contributed by atoms with Gasteiger partial charge in [0.2, 0.25) is 0 Å². The fourth-order valence-electron chi connectivity index (χ4n) is 3.21. The van der Waals surface area contributed by atoms with E-state index in [1.54, 1.807) is 0 Å². The summed E-state index contributed by atoms with van der Waals surface area (Å²) in [5.41, 5.74) is 1.64. The number of nitrogens with zero attached hydrogens (tertiary/aromatic N) is 3. The Hall–Kier alpha value is -1.36. The molecule has 1 atom stereocenters. The second-order valence-electron chi connectivity index (χ2n) is 5.85. The van der Waals surface area contributed by atoms with E-state index in [1.807, 2.05) is 18.5 Å². The van der Waals surface area contributed by atoms with Crippen molar-refractivity contribution in [3.8, 4) is 0 Å². The van der Waals surface area contributed by atoms with Crippen molar-refractivity contribution in [1.82, 2.24) is 14.7 Å². The van der Waals surface area contributed by atoms with Crippen LogP contribution in [0.1, 0.15) is 44.5 Å². The van der Waals surface area contributed by atoms with E-state index in [4.69, 9.17) is 0 Å². The van der Waals surface area contributed by atoms with Gasteiger partial charge in [-0.3, -0.25) is 14.4 Å².